The number of hydrogen-bond donors (Lipinski definition) is 1. The molecule has 1 unspecified atom stereocenters. The second kappa shape index (κ2) is 7.71. The quantitative estimate of drug-likeness (QED) is 0.413. The molecule has 5 nitrogen and oxygen atoms in total. The van der Waals surface area contributed by atoms with Gasteiger partial charge in [0.15, 0.2) is 0 Å². The van der Waals surface area contributed by atoms with Crippen LogP contribution < -0.4 is 4.72 Å². The van der Waals surface area contributed by atoms with Crippen LogP contribution >= 0.6 is 11.6 Å². The number of benzene rings is 1. The number of halogens is 9. The van der Waals surface area contributed by atoms with Gasteiger partial charge in [-0.05, 0) is 42.5 Å². The maximum Gasteiger partial charge on any atom is 0.448 e. The Morgan fingerprint density at radius 3 is 2.25 bits per heavy atom. The van der Waals surface area contributed by atoms with Crippen molar-refractivity contribution in [1.82, 2.24) is 9.29 Å². The zero-order chi connectivity index (χ0) is 24.3. The average Bonchev–Trinajstić information content (AvgIpc) is 2.93. The molecule has 3 rings (SSSR count). The second-order valence-corrected chi connectivity index (χ2v) is 9.39. The normalized spacial score (nSPS) is 18.8. The summed E-state index contributed by atoms with van der Waals surface area (Å²) in [6.45, 7) is 0. The fourth-order valence-electron chi connectivity index (χ4n) is 3.63. The van der Waals surface area contributed by atoms with Crippen LogP contribution in [0.15, 0.2) is 24.3 Å². The lowest BCUT2D eigenvalue weighted by molar-refractivity contribution is -0.442. The SMILES string of the molecule is Cn1c2c(c3ccccc31)CCCC2NS(=O)(=O)C(F)(F)C(F)(F)OC(F)(F)C(F)(F)Cl. The Labute approximate surface area is 181 Å². The van der Waals surface area contributed by atoms with E-state index >= 15 is 0 Å². The average molecular weight is 515 g/mol. The highest BCUT2D eigenvalue weighted by atomic mass is 35.5. The predicted molar refractivity (Wildman–Crippen MR) is 97.4 cm³/mol. The van der Waals surface area contributed by atoms with Crippen molar-refractivity contribution in [1.29, 1.82) is 0 Å². The molecule has 0 aliphatic heterocycles. The molecule has 0 saturated heterocycles. The first-order valence-electron chi connectivity index (χ1n) is 8.91. The van der Waals surface area contributed by atoms with Crippen LogP contribution in [-0.2, 0) is 28.2 Å². The smallest absolute Gasteiger partial charge is 0.346 e. The standard InChI is InChI=1S/C17H15ClF8N2O3S/c1-28-12-8-3-2-5-9(12)10-6-4-7-11(13(10)28)27-32(29,30)17(25,26)16(23,24)31-15(21,22)14(18,19)20/h2-3,5,8,11,27H,4,6-7H2,1H3. The van der Waals surface area contributed by atoms with Crippen molar-refractivity contribution >= 4 is 32.5 Å². The lowest BCUT2D eigenvalue weighted by atomic mass is 9.92. The molecule has 180 valence electrons. The van der Waals surface area contributed by atoms with E-state index in [1.165, 1.54) is 16.3 Å². The van der Waals surface area contributed by atoms with Gasteiger partial charge in [-0.15, -0.1) is 0 Å². The summed E-state index contributed by atoms with van der Waals surface area (Å²) in [5, 5.41) is -11.5. The monoisotopic (exact) mass is 514 g/mol. The van der Waals surface area contributed by atoms with Gasteiger partial charge < -0.3 is 4.57 Å². The van der Waals surface area contributed by atoms with Gasteiger partial charge in [-0.2, -0.15) is 35.1 Å². The highest BCUT2D eigenvalue weighted by molar-refractivity contribution is 7.90. The summed E-state index contributed by atoms with van der Waals surface area (Å²) in [7, 11) is -4.92. The summed E-state index contributed by atoms with van der Waals surface area (Å²) < 4.78 is 136. The van der Waals surface area contributed by atoms with Gasteiger partial charge in [-0.1, -0.05) is 18.2 Å². The molecule has 1 heterocycles. The number of ether oxygens (including phenoxy) is 1. The highest BCUT2D eigenvalue weighted by Gasteiger charge is 2.74. The van der Waals surface area contributed by atoms with Gasteiger partial charge in [-0.3, -0.25) is 0 Å². The van der Waals surface area contributed by atoms with Crippen LogP contribution in [0.5, 0.6) is 0 Å². The lowest BCUT2D eigenvalue weighted by Gasteiger charge is -2.32. The zero-order valence-corrected chi connectivity index (χ0v) is 17.6. The number of hydrogen-bond acceptors (Lipinski definition) is 3. The number of para-hydroxylation sites is 1. The fraction of sp³-hybridized carbons (Fsp3) is 0.529. The van der Waals surface area contributed by atoms with Crippen molar-refractivity contribution in [2.75, 3.05) is 0 Å². The van der Waals surface area contributed by atoms with Crippen molar-refractivity contribution in [3.63, 3.8) is 0 Å². The number of aromatic nitrogens is 1. The van der Waals surface area contributed by atoms with Crippen molar-refractivity contribution in [2.24, 2.45) is 7.05 Å². The largest absolute Gasteiger partial charge is 0.448 e. The molecule has 1 aliphatic rings. The Balaban J connectivity index is 1.96. The van der Waals surface area contributed by atoms with Gasteiger partial charge in [0.25, 0.3) is 10.0 Å². The molecule has 32 heavy (non-hydrogen) atoms. The molecule has 0 fully saturated rings. The lowest BCUT2D eigenvalue weighted by Crippen LogP contribution is -2.58. The number of alkyl halides is 9. The molecular weight excluding hydrogens is 500 g/mol. The van der Waals surface area contributed by atoms with E-state index < -0.39 is 38.9 Å². The molecule has 1 N–H and O–H groups in total. The van der Waals surface area contributed by atoms with Gasteiger partial charge >= 0.3 is 22.9 Å². The van der Waals surface area contributed by atoms with Gasteiger partial charge in [0.2, 0.25) is 0 Å². The Hall–Kier alpha value is -1.64. The third kappa shape index (κ3) is 3.94. The van der Waals surface area contributed by atoms with Crippen LogP contribution in [0.4, 0.5) is 35.1 Å². The second-order valence-electron chi connectivity index (χ2n) is 7.16. The van der Waals surface area contributed by atoms with E-state index in [1.807, 2.05) is 0 Å². The summed E-state index contributed by atoms with van der Waals surface area (Å²) >= 11 is 3.91. The summed E-state index contributed by atoms with van der Waals surface area (Å²) in [4.78, 5) is 0. The van der Waals surface area contributed by atoms with Crippen molar-refractivity contribution in [3.05, 3.63) is 35.5 Å². The maximum atomic E-state index is 14.2. The van der Waals surface area contributed by atoms with Gasteiger partial charge in [0.1, 0.15) is 0 Å². The third-order valence-electron chi connectivity index (χ3n) is 5.07. The Kier molecular flexibility index (Phi) is 6.02. The topological polar surface area (TPSA) is 60.3 Å². The van der Waals surface area contributed by atoms with Gasteiger partial charge in [-0.25, -0.2) is 17.9 Å². The van der Waals surface area contributed by atoms with Crippen molar-refractivity contribution in [2.45, 2.75) is 48.2 Å². The summed E-state index contributed by atoms with van der Waals surface area (Å²) in [5.41, 5.74) is 1.44. The van der Waals surface area contributed by atoms with Crippen molar-refractivity contribution in [3.8, 4) is 0 Å². The summed E-state index contributed by atoms with van der Waals surface area (Å²) in [5.74, 6) is 0. The molecule has 0 spiro atoms. The van der Waals surface area contributed by atoms with Crippen LogP contribution in [0.3, 0.4) is 0 Å². The molecule has 0 radical (unpaired) electrons. The molecule has 15 heteroatoms. The van der Waals surface area contributed by atoms with E-state index in [9.17, 15) is 43.5 Å². The van der Waals surface area contributed by atoms with E-state index in [-0.39, 0.29) is 12.1 Å². The fourth-order valence-corrected chi connectivity index (χ4v) is 4.77. The zero-order valence-electron chi connectivity index (χ0n) is 16.0. The highest BCUT2D eigenvalue weighted by Crippen LogP contribution is 2.48. The Morgan fingerprint density at radius 1 is 1.06 bits per heavy atom. The maximum absolute atomic E-state index is 14.2. The van der Waals surface area contributed by atoms with Crippen LogP contribution in [0.1, 0.15) is 30.1 Å². The van der Waals surface area contributed by atoms with E-state index in [0.29, 0.717) is 29.3 Å². The number of rotatable bonds is 7. The van der Waals surface area contributed by atoms with Crippen LogP contribution in [-0.4, -0.2) is 35.8 Å². The molecular formula is C17H15ClF8N2O3S. The number of aryl methyl sites for hydroxylation is 2. The number of nitrogens with one attached hydrogen (secondary N) is 1. The van der Waals surface area contributed by atoms with Gasteiger partial charge in [0.05, 0.1) is 6.04 Å². The van der Waals surface area contributed by atoms with Crippen LogP contribution in [0.2, 0.25) is 0 Å². The molecule has 1 atom stereocenters. The molecule has 1 aromatic heterocycles. The number of nitrogens with zero attached hydrogens (tertiary/aromatic N) is 1. The van der Waals surface area contributed by atoms with E-state index in [2.05, 4.69) is 16.3 Å². The Morgan fingerprint density at radius 2 is 1.66 bits per heavy atom. The third-order valence-corrected chi connectivity index (χ3v) is 6.80. The molecule has 2 aromatic rings. The molecule has 0 bridgehead atoms. The minimum atomic E-state index is -6.56. The summed E-state index contributed by atoms with van der Waals surface area (Å²) in [6, 6.07) is 5.32. The predicted octanol–water partition coefficient (Wildman–Crippen LogP) is 5.10. The number of sulfonamides is 1. The van der Waals surface area contributed by atoms with E-state index in [1.54, 1.807) is 24.3 Å². The van der Waals surface area contributed by atoms with E-state index in [0.717, 1.165) is 0 Å². The van der Waals surface area contributed by atoms with Crippen LogP contribution in [0.25, 0.3) is 10.9 Å². The number of fused-ring (bicyclic) bond motifs is 3. The molecule has 1 aliphatic carbocycles. The first-order chi connectivity index (χ1) is 14.4. The van der Waals surface area contributed by atoms with Gasteiger partial charge in [0, 0.05) is 23.6 Å². The van der Waals surface area contributed by atoms with E-state index in [4.69, 9.17) is 0 Å². The minimum Gasteiger partial charge on any atom is -0.346 e. The first kappa shape index (κ1) is 25.0. The summed E-state index contributed by atoms with van der Waals surface area (Å²) in [6.07, 6.45) is -12.2. The van der Waals surface area contributed by atoms with Crippen LogP contribution in [0, 0.1) is 0 Å². The van der Waals surface area contributed by atoms with Crippen molar-refractivity contribution < 1.29 is 48.3 Å². The molecule has 0 amide bonds. The Bertz CT molecular complexity index is 1130. The first-order valence-corrected chi connectivity index (χ1v) is 10.8. The molecule has 0 saturated carbocycles. The minimum absolute atomic E-state index is 0.0746. The molecule has 1 aromatic carbocycles.